The van der Waals surface area contributed by atoms with Crippen LogP contribution in [0.5, 0.6) is 5.75 Å². The van der Waals surface area contributed by atoms with Crippen molar-refractivity contribution in [2.75, 3.05) is 19.5 Å². The number of nitrogens with one attached hydrogen (secondary N) is 1. The van der Waals surface area contributed by atoms with Crippen LogP contribution in [0.25, 0.3) is 11.1 Å². The number of carboxylic acid groups (broad SMARTS) is 1. The Kier molecular flexibility index (Phi) is 8.89. The maximum Gasteiger partial charge on any atom is 0.407 e. The molecule has 45 heavy (non-hydrogen) atoms. The van der Waals surface area contributed by atoms with Crippen LogP contribution in [-0.4, -0.2) is 42.7 Å². The summed E-state index contributed by atoms with van der Waals surface area (Å²) in [5.41, 5.74) is 7.35. The highest BCUT2D eigenvalue weighted by atomic mass is 32.2. The number of aliphatic carboxylic acids is 1. The summed E-state index contributed by atoms with van der Waals surface area (Å²) in [5.74, 6) is -0.463. The summed E-state index contributed by atoms with van der Waals surface area (Å²) in [6.07, 6.45) is -0.765. The van der Waals surface area contributed by atoms with E-state index in [1.165, 1.54) is 11.8 Å². The van der Waals surface area contributed by atoms with Crippen molar-refractivity contribution in [1.29, 1.82) is 0 Å². The molecule has 0 bridgehead atoms. The lowest BCUT2D eigenvalue weighted by molar-refractivity contribution is -0.138. The zero-order valence-electron chi connectivity index (χ0n) is 24.8. The molecule has 1 aliphatic rings. The average molecular weight is 616 g/mol. The van der Waals surface area contributed by atoms with Gasteiger partial charge in [0.1, 0.15) is 18.4 Å². The van der Waals surface area contributed by atoms with Crippen LogP contribution in [-0.2, 0) is 14.3 Å². The maximum atomic E-state index is 13.1. The highest BCUT2D eigenvalue weighted by Gasteiger charge is 2.39. The van der Waals surface area contributed by atoms with Crippen LogP contribution >= 0.6 is 11.8 Å². The Morgan fingerprint density at radius 1 is 0.733 bits per heavy atom. The second kappa shape index (κ2) is 13.3. The van der Waals surface area contributed by atoms with E-state index in [1.54, 1.807) is 7.11 Å². The number of carbonyl (C=O) groups is 2. The zero-order chi connectivity index (χ0) is 31.2. The molecule has 0 radical (unpaired) electrons. The minimum Gasteiger partial charge on any atom is -0.497 e. The van der Waals surface area contributed by atoms with E-state index in [4.69, 9.17) is 9.47 Å². The van der Waals surface area contributed by atoms with E-state index in [0.29, 0.717) is 0 Å². The van der Waals surface area contributed by atoms with Gasteiger partial charge in [-0.05, 0) is 51.1 Å². The van der Waals surface area contributed by atoms with Crippen LogP contribution in [0.15, 0.2) is 133 Å². The molecule has 0 heterocycles. The maximum absolute atomic E-state index is 13.1. The molecule has 0 aliphatic heterocycles. The quantitative estimate of drug-likeness (QED) is 0.148. The number of methoxy groups -OCH3 is 1. The molecular formula is C38H33NO5S. The zero-order valence-corrected chi connectivity index (χ0v) is 25.6. The Morgan fingerprint density at radius 3 is 1.73 bits per heavy atom. The highest BCUT2D eigenvalue weighted by Crippen LogP contribution is 2.49. The number of fused-ring (bicyclic) bond motifs is 3. The van der Waals surface area contributed by atoms with Gasteiger partial charge in [-0.1, -0.05) is 121 Å². The van der Waals surface area contributed by atoms with Crippen LogP contribution in [0.4, 0.5) is 4.79 Å². The number of benzene rings is 5. The lowest BCUT2D eigenvalue weighted by atomic mass is 9.84. The van der Waals surface area contributed by atoms with Gasteiger partial charge in [0, 0.05) is 11.7 Å². The summed E-state index contributed by atoms with van der Waals surface area (Å²) in [5, 5.41) is 12.9. The van der Waals surface area contributed by atoms with Crippen molar-refractivity contribution in [1.82, 2.24) is 5.32 Å². The van der Waals surface area contributed by atoms with Gasteiger partial charge >= 0.3 is 12.1 Å². The monoisotopic (exact) mass is 615 g/mol. The first kappa shape index (κ1) is 30.0. The summed E-state index contributed by atoms with van der Waals surface area (Å²) in [4.78, 5) is 25.7. The van der Waals surface area contributed by atoms with Crippen molar-refractivity contribution >= 4 is 23.8 Å². The van der Waals surface area contributed by atoms with Crippen LogP contribution in [0.2, 0.25) is 0 Å². The first-order valence-corrected chi connectivity index (χ1v) is 15.7. The molecule has 0 unspecified atom stereocenters. The molecule has 0 spiro atoms. The van der Waals surface area contributed by atoms with Gasteiger partial charge in [-0.3, -0.25) is 0 Å². The molecule has 6 nitrogen and oxygen atoms in total. The summed E-state index contributed by atoms with van der Waals surface area (Å²) < 4.78 is 10.3. The molecule has 0 aromatic heterocycles. The molecule has 1 atom stereocenters. The Balaban J connectivity index is 1.25. The van der Waals surface area contributed by atoms with Crippen molar-refractivity contribution < 1.29 is 24.2 Å². The third-order valence-corrected chi connectivity index (χ3v) is 9.90. The third-order valence-electron chi connectivity index (χ3n) is 8.26. The lowest BCUT2D eigenvalue weighted by Gasteiger charge is -2.36. The van der Waals surface area contributed by atoms with Gasteiger partial charge in [-0.25, -0.2) is 9.59 Å². The van der Waals surface area contributed by atoms with Gasteiger partial charge in [0.2, 0.25) is 0 Å². The summed E-state index contributed by atoms with van der Waals surface area (Å²) >= 11 is 1.45. The summed E-state index contributed by atoms with van der Waals surface area (Å²) in [6, 6.07) is 42.8. The number of alkyl carbamates (subject to hydrolysis) is 1. The van der Waals surface area contributed by atoms with Crippen molar-refractivity contribution in [3.05, 3.63) is 161 Å². The molecule has 0 saturated heterocycles. The first-order chi connectivity index (χ1) is 22.0. The van der Waals surface area contributed by atoms with E-state index in [-0.39, 0.29) is 18.3 Å². The number of amides is 1. The van der Waals surface area contributed by atoms with Crippen molar-refractivity contribution in [2.24, 2.45) is 0 Å². The molecule has 0 fully saturated rings. The van der Waals surface area contributed by atoms with E-state index >= 15 is 0 Å². The molecule has 2 N–H and O–H groups in total. The normalized spacial score (nSPS) is 12.9. The SMILES string of the molecule is COc1ccc(C(SC[C@@H](NC(=O)OCC2c3ccccc3-c3ccccc32)C(=O)O)(c2ccccc2)c2ccccc2)cc1. The number of thioether (sulfide) groups is 1. The number of carboxylic acids is 1. The Labute approximate surface area is 267 Å². The molecule has 1 amide bonds. The minimum atomic E-state index is -1.20. The average Bonchev–Trinajstić information content (AvgIpc) is 3.41. The van der Waals surface area contributed by atoms with Crippen LogP contribution < -0.4 is 10.1 Å². The van der Waals surface area contributed by atoms with Crippen LogP contribution in [0.3, 0.4) is 0 Å². The number of ether oxygens (including phenoxy) is 2. The molecule has 7 heteroatoms. The Bertz CT molecular complexity index is 1690. The smallest absolute Gasteiger partial charge is 0.407 e. The molecule has 5 aromatic carbocycles. The van der Waals surface area contributed by atoms with Gasteiger partial charge in [0.05, 0.1) is 11.9 Å². The van der Waals surface area contributed by atoms with Gasteiger partial charge < -0.3 is 19.9 Å². The summed E-state index contributed by atoms with van der Waals surface area (Å²) in [6.45, 7) is 0.100. The van der Waals surface area contributed by atoms with Gasteiger partial charge in [-0.15, -0.1) is 11.8 Å². The number of rotatable bonds is 11. The fraction of sp³-hybridized carbons (Fsp3) is 0.158. The van der Waals surface area contributed by atoms with Crippen molar-refractivity contribution in [3.8, 4) is 16.9 Å². The second-order valence-electron chi connectivity index (χ2n) is 10.8. The lowest BCUT2D eigenvalue weighted by Crippen LogP contribution is -2.44. The fourth-order valence-corrected chi connectivity index (χ4v) is 7.64. The van der Waals surface area contributed by atoms with Crippen molar-refractivity contribution in [3.63, 3.8) is 0 Å². The van der Waals surface area contributed by atoms with Gasteiger partial charge in [-0.2, -0.15) is 0 Å². The standard InChI is InChI=1S/C38H33NO5S/c1-43-29-22-20-28(21-23-29)38(26-12-4-2-5-13-26,27-14-6-3-7-15-27)45-25-35(36(40)41)39-37(42)44-24-34-32-18-10-8-16-30(32)31-17-9-11-19-33(31)34/h2-23,34-35H,24-25H2,1H3,(H,39,42)(H,40,41)/t35-/m1/s1. The number of hydrogen-bond acceptors (Lipinski definition) is 5. The number of hydrogen-bond donors (Lipinski definition) is 2. The van der Waals surface area contributed by atoms with Gasteiger partial charge in [0.15, 0.2) is 0 Å². The largest absolute Gasteiger partial charge is 0.497 e. The molecule has 0 saturated carbocycles. The van der Waals surface area contributed by atoms with Crippen LogP contribution in [0, 0.1) is 0 Å². The third kappa shape index (κ3) is 6.04. The molecule has 1 aliphatic carbocycles. The molecule has 6 rings (SSSR count). The van der Waals surface area contributed by atoms with E-state index in [0.717, 1.165) is 44.7 Å². The molecule has 5 aromatic rings. The number of carbonyl (C=O) groups excluding carboxylic acids is 1. The van der Waals surface area contributed by atoms with E-state index in [1.807, 2.05) is 121 Å². The van der Waals surface area contributed by atoms with E-state index in [2.05, 4.69) is 17.4 Å². The van der Waals surface area contributed by atoms with Gasteiger partial charge in [0.25, 0.3) is 0 Å². The Hall–Kier alpha value is -5.01. The first-order valence-electron chi connectivity index (χ1n) is 14.7. The topological polar surface area (TPSA) is 84.9 Å². The predicted octanol–water partition coefficient (Wildman–Crippen LogP) is 7.71. The van der Waals surface area contributed by atoms with Crippen molar-refractivity contribution in [2.45, 2.75) is 16.7 Å². The molecule has 226 valence electrons. The van der Waals surface area contributed by atoms with E-state index in [9.17, 15) is 14.7 Å². The highest BCUT2D eigenvalue weighted by molar-refractivity contribution is 8.00. The molecular weight excluding hydrogens is 582 g/mol. The van der Waals surface area contributed by atoms with E-state index < -0.39 is 22.9 Å². The Morgan fingerprint density at radius 2 is 1.22 bits per heavy atom. The minimum absolute atomic E-state index is 0.0787. The predicted molar refractivity (Wildman–Crippen MR) is 178 cm³/mol. The second-order valence-corrected chi connectivity index (χ2v) is 12.0. The van der Waals surface area contributed by atoms with Crippen LogP contribution in [0.1, 0.15) is 33.7 Å². The fourth-order valence-electron chi connectivity index (χ4n) is 6.09. The summed E-state index contributed by atoms with van der Waals surface area (Å²) in [7, 11) is 1.62.